The summed E-state index contributed by atoms with van der Waals surface area (Å²) in [6.45, 7) is 4.33. The van der Waals surface area contributed by atoms with Gasteiger partial charge in [0.05, 0.1) is 30.2 Å². The molecule has 0 radical (unpaired) electrons. The fraction of sp³-hybridized carbons (Fsp3) is 0.304. The van der Waals surface area contributed by atoms with Crippen LogP contribution in [0.3, 0.4) is 0 Å². The lowest BCUT2D eigenvalue weighted by molar-refractivity contribution is -0.115. The zero-order chi connectivity index (χ0) is 23.8. The molecule has 0 bridgehead atoms. The molecule has 1 fully saturated rings. The Labute approximate surface area is 198 Å². The second-order valence-electron chi connectivity index (χ2n) is 8.37. The normalized spacial score (nSPS) is 18.5. The van der Waals surface area contributed by atoms with E-state index in [1.165, 1.54) is 10.7 Å². The highest BCUT2D eigenvalue weighted by atomic mass is 35.5. The van der Waals surface area contributed by atoms with Gasteiger partial charge in [0.15, 0.2) is 0 Å². The van der Waals surface area contributed by atoms with Crippen molar-refractivity contribution in [3.8, 4) is 5.69 Å². The molecule has 2 heterocycles. The number of rotatable bonds is 6. The number of aromatic nitrogens is 2. The summed E-state index contributed by atoms with van der Waals surface area (Å²) < 4.78 is 26.2. The number of nitrogens with two attached hydrogens (primary N) is 1. The van der Waals surface area contributed by atoms with Crippen molar-refractivity contribution < 1.29 is 13.2 Å². The molecule has 2 atom stereocenters. The minimum atomic E-state index is -4.08. The molecule has 33 heavy (non-hydrogen) atoms. The van der Waals surface area contributed by atoms with Crippen LogP contribution in [0.25, 0.3) is 5.69 Å². The standard InChI is InChI=1S/C23H26ClN5O3S/c1-15-7-8-16(2)29(15)19-13-26-28(14-19)21-10-9-18(12-22(21)33(25,31)32)27-23(30)11-17-5-3-4-6-20(17)24/h3-6,9-10,12-16H,7-8,11H2,1-2H3,(H,27,30)(H2,25,31,32). The Balaban J connectivity index is 1.61. The predicted octanol–water partition coefficient (Wildman–Crippen LogP) is 3.73. The molecule has 3 aromatic rings. The summed E-state index contributed by atoms with van der Waals surface area (Å²) in [5.41, 5.74) is 2.22. The number of sulfonamides is 1. The number of primary sulfonamides is 1. The Kier molecular flexibility index (Phi) is 6.47. The molecule has 2 unspecified atom stereocenters. The first-order chi connectivity index (χ1) is 15.6. The molecule has 3 N–H and O–H groups in total. The van der Waals surface area contributed by atoms with Gasteiger partial charge in [-0.15, -0.1) is 0 Å². The van der Waals surface area contributed by atoms with Gasteiger partial charge in [0.25, 0.3) is 0 Å². The van der Waals surface area contributed by atoms with E-state index in [1.807, 2.05) is 0 Å². The smallest absolute Gasteiger partial charge is 0.240 e. The Bertz CT molecular complexity index is 1280. The van der Waals surface area contributed by atoms with Crippen molar-refractivity contribution in [3.63, 3.8) is 0 Å². The van der Waals surface area contributed by atoms with Gasteiger partial charge >= 0.3 is 0 Å². The number of carbonyl (C=O) groups is 1. The second-order valence-corrected chi connectivity index (χ2v) is 10.3. The lowest BCUT2D eigenvalue weighted by atomic mass is 10.1. The maximum atomic E-state index is 12.5. The van der Waals surface area contributed by atoms with E-state index >= 15 is 0 Å². The van der Waals surface area contributed by atoms with Gasteiger partial charge in [-0.25, -0.2) is 18.2 Å². The number of amides is 1. The van der Waals surface area contributed by atoms with Crippen molar-refractivity contribution in [2.45, 2.75) is 50.1 Å². The first kappa shape index (κ1) is 23.3. The van der Waals surface area contributed by atoms with Gasteiger partial charge < -0.3 is 10.2 Å². The summed E-state index contributed by atoms with van der Waals surface area (Å²) in [6.07, 6.45) is 5.78. The lowest BCUT2D eigenvalue weighted by Crippen LogP contribution is -2.32. The Hall–Kier alpha value is -2.88. The highest BCUT2D eigenvalue weighted by Gasteiger charge is 2.28. The molecule has 10 heteroatoms. The topological polar surface area (TPSA) is 110 Å². The van der Waals surface area contributed by atoms with Crippen molar-refractivity contribution in [2.24, 2.45) is 5.14 Å². The van der Waals surface area contributed by atoms with Crippen LogP contribution in [0.5, 0.6) is 0 Å². The molecule has 1 saturated heterocycles. The van der Waals surface area contributed by atoms with E-state index < -0.39 is 10.0 Å². The number of anilines is 2. The third-order valence-corrected chi connectivity index (χ3v) is 7.23. The zero-order valence-electron chi connectivity index (χ0n) is 18.4. The summed E-state index contributed by atoms with van der Waals surface area (Å²) in [5, 5.41) is 13.1. The van der Waals surface area contributed by atoms with Crippen molar-refractivity contribution in [1.29, 1.82) is 0 Å². The van der Waals surface area contributed by atoms with Crippen LogP contribution in [0.2, 0.25) is 5.02 Å². The molecule has 1 aliphatic heterocycles. The number of hydrogen-bond acceptors (Lipinski definition) is 5. The minimum absolute atomic E-state index is 0.0564. The highest BCUT2D eigenvalue weighted by Crippen LogP contribution is 2.31. The van der Waals surface area contributed by atoms with Crippen molar-refractivity contribution in [3.05, 3.63) is 65.4 Å². The Morgan fingerprint density at radius 3 is 2.55 bits per heavy atom. The number of nitrogens with one attached hydrogen (secondary N) is 1. The van der Waals surface area contributed by atoms with E-state index in [-0.39, 0.29) is 17.2 Å². The second kappa shape index (κ2) is 9.17. The van der Waals surface area contributed by atoms with Gasteiger partial charge in [-0.2, -0.15) is 5.10 Å². The highest BCUT2D eigenvalue weighted by molar-refractivity contribution is 7.89. The number of halogens is 1. The molecule has 0 aliphatic carbocycles. The van der Waals surface area contributed by atoms with Crippen LogP contribution < -0.4 is 15.4 Å². The first-order valence-corrected chi connectivity index (χ1v) is 12.6. The van der Waals surface area contributed by atoms with Crippen LogP contribution in [0.1, 0.15) is 32.3 Å². The summed E-state index contributed by atoms with van der Waals surface area (Å²) in [6, 6.07) is 12.4. The van der Waals surface area contributed by atoms with Gasteiger partial charge in [0.1, 0.15) is 4.90 Å². The van der Waals surface area contributed by atoms with Crippen LogP contribution in [0, 0.1) is 0 Å². The van der Waals surface area contributed by atoms with Crippen molar-refractivity contribution in [1.82, 2.24) is 9.78 Å². The monoisotopic (exact) mass is 487 g/mol. The molecule has 1 aliphatic rings. The van der Waals surface area contributed by atoms with E-state index in [1.54, 1.807) is 48.8 Å². The minimum Gasteiger partial charge on any atom is -0.364 e. The van der Waals surface area contributed by atoms with Crippen LogP contribution in [0.15, 0.2) is 59.8 Å². The van der Waals surface area contributed by atoms with Gasteiger partial charge in [0.2, 0.25) is 15.9 Å². The average Bonchev–Trinajstić information content (AvgIpc) is 3.35. The molecule has 0 saturated carbocycles. The zero-order valence-corrected chi connectivity index (χ0v) is 20.0. The number of nitrogens with zero attached hydrogens (tertiary/aromatic N) is 3. The average molecular weight is 488 g/mol. The number of carbonyl (C=O) groups excluding carboxylic acids is 1. The van der Waals surface area contributed by atoms with Crippen molar-refractivity contribution >= 4 is 38.9 Å². The lowest BCUT2D eigenvalue weighted by Gasteiger charge is -2.26. The summed E-state index contributed by atoms with van der Waals surface area (Å²) in [7, 11) is -4.08. The van der Waals surface area contributed by atoms with E-state index in [2.05, 4.69) is 29.2 Å². The van der Waals surface area contributed by atoms with E-state index in [4.69, 9.17) is 16.7 Å². The predicted molar refractivity (Wildman–Crippen MR) is 129 cm³/mol. The molecule has 1 aromatic heterocycles. The van der Waals surface area contributed by atoms with Crippen LogP contribution in [-0.2, 0) is 21.2 Å². The molecule has 2 aromatic carbocycles. The molecule has 1 amide bonds. The van der Waals surface area contributed by atoms with E-state index in [0.29, 0.717) is 34.0 Å². The van der Waals surface area contributed by atoms with E-state index in [9.17, 15) is 13.2 Å². The van der Waals surface area contributed by atoms with Gasteiger partial charge in [0, 0.05) is 22.8 Å². The fourth-order valence-electron chi connectivity index (χ4n) is 4.31. The third kappa shape index (κ3) is 5.05. The molecule has 174 valence electrons. The third-order valence-electron chi connectivity index (χ3n) is 5.92. The van der Waals surface area contributed by atoms with Gasteiger partial charge in [-0.1, -0.05) is 29.8 Å². The summed E-state index contributed by atoms with van der Waals surface area (Å²) in [5.74, 6) is -0.324. The molecule has 8 nitrogen and oxygen atoms in total. The SMILES string of the molecule is CC1CCC(C)N1c1cnn(-c2ccc(NC(=O)Cc3ccccc3Cl)cc2S(N)(=O)=O)c1. The largest absolute Gasteiger partial charge is 0.364 e. The summed E-state index contributed by atoms with van der Waals surface area (Å²) in [4.78, 5) is 14.6. The fourth-order valence-corrected chi connectivity index (χ4v) is 5.26. The number of hydrogen-bond donors (Lipinski definition) is 2. The van der Waals surface area contributed by atoms with E-state index in [0.717, 1.165) is 18.5 Å². The number of benzene rings is 2. The maximum Gasteiger partial charge on any atom is 0.240 e. The molecular formula is C23H26ClN5O3S. The van der Waals surface area contributed by atoms with Crippen LogP contribution in [0.4, 0.5) is 11.4 Å². The first-order valence-electron chi connectivity index (χ1n) is 10.7. The van der Waals surface area contributed by atoms with Crippen LogP contribution >= 0.6 is 11.6 Å². The Morgan fingerprint density at radius 2 is 1.88 bits per heavy atom. The molecule has 0 spiro atoms. The van der Waals surface area contributed by atoms with Crippen LogP contribution in [-0.4, -0.2) is 36.2 Å². The molecule has 4 rings (SSSR count). The van der Waals surface area contributed by atoms with Crippen molar-refractivity contribution in [2.75, 3.05) is 10.2 Å². The quantitative estimate of drug-likeness (QED) is 0.550. The van der Waals surface area contributed by atoms with Gasteiger partial charge in [-0.3, -0.25) is 4.79 Å². The van der Waals surface area contributed by atoms with Gasteiger partial charge in [-0.05, 0) is 56.5 Å². The molecular weight excluding hydrogens is 462 g/mol. The Morgan fingerprint density at radius 1 is 1.18 bits per heavy atom. The maximum absolute atomic E-state index is 12.5. The summed E-state index contributed by atoms with van der Waals surface area (Å²) >= 11 is 6.12.